The molecule has 0 unspecified atom stereocenters. The van der Waals surface area contributed by atoms with E-state index in [1.807, 2.05) is 19.0 Å². The number of hydrogen-bond acceptors (Lipinski definition) is 5. The number of nitrogens with zero attached hydrogens (tertiary/aromatic N) is 2. The number of aromatic nitrogens is 1. The predicted octanol–water partition coefficient (Wildman–Crippen LogP) is 1.39. The first-order valence-electron chi connectivity index (χ1n) is 3.95. The molecule has 72 valence electrons. The Balaban J connectivity index is 2.73. The number of rotatable bonds is 3. The zero-order valence-electron chi connectivity index (χ0n) is 7.90. The maximum Gasteiger partial charge on any atom is 0.350 e. The molecule has 0 aliphatic rings. The number of thiazole rings is 1. The number of carbonyl (C=O) groups excluding carboxylic acids is 1. The van der Waals surface area contributed by atoms with E-state index in [-0.39, 0.29) is 5.97 Å². The van der Waals surface area contributed by atoms with E-state index in [0.29, 0.717) is 11.5 Å². The number of hydrogen-bond donors (Lipinski definition) is 0. The Kier molecular flexibility index (Phi) is 3.25. The summed E-state index contributed by atoms with van der Waals surface area (Å²) in [6.07, 6.45) is 1.54. The average Bonchev–Trinajstić information content (AvgIpc) is 2.52. The molecule has 4 nitrogen and oxygen atoms in total. The highest BCUT2D eigenvalue weighted by Crippen LogP contribution is 2.20. The number of anilines is 1. The van der Waals surface area contributed by atoms with Crippen LogP contribution in [0, 0.1) is 0 Å². The Morgan fingerprint density at radius 2 is 2.38 bits per heavy atom. The van der Waals surface area contributed by atoms with E-state index in [1.165, 1.54) is 17.5 Å². The van der Waals surface area contributed by atoms with Gasteiger partial charge < -0.3 is 9.64 Å². The van der Waals surface area contributed by atoms with Gasteiger partial charge in [0, 0.05) is 14.1 Å². The van der Waals surface area contributed by atoms with E-state index >= 15 is 0 Å². The molecular weight excluding hydrogens is 188 g/mol. The van der Waals surface area contributed by atoms with Gasteiger partial charge in [-0.2, -0.15) is 0 Å². The summed E-state index contributed by atoms with van der Waals surface area (Å²) in [7, 11) is 3.77. The Bertz CT molecular complexity index is 296. The molecule has 0 bridgehead atoms. The lowest BCUT2D eigenvalue weighted by Gasteiger charge is -2.04. The van der Waals surface area contributed by atoms with Crippen LogP contribution in [0.5, 0.6) is 0 Å². The second kappa shape index (κ2) is 4.23. The van der Waals surface area contributed by atoms with Gasteiger partial charge in [-0.05, 0) is 6.92 Å². The number of carbonyl (C=O) groups is 1. The summed E-state index contributed by atoms with van der Waals surface area (Å²) in [5, 5.41) is 0.808. The summed E-state index contributed by atoms with van der Waals surface area (Å²) in [6, 6.07) is 0. The summed E-state index contributed by atoms with van der Waals surface area (Å²) in [5.74, 6) is -0.298. The van der Waals surface area contributed by atoms with Crippen LogP contribution < -0.4 is 4.90 Å². The van der Waals surface area contributed by atoms with Crippen LogP contribution in [0.1, 0.15) is 16.6 Å². The first-order chi connectivity index (χ1) is 6.15. The fourth-order valence-electron chi connectivity index (χ4n) is 0.768. The lowest BCUT2D eigenvalue weighted by atomic mass is 10.6. The van der Waals surface area contributed by atoms with Crippen LogP contribution in [-0.2, 0) is 4.74 Å². The van der Waals surface area contributed by atoms with Crippen molar-refractivity contribution < 1.29 is 9.53 Å². The van der Waals surface area contributed by atoms with Crippen LogP contribution in [-0.4, -0.2) is 31.7 Å². The highest BCUT2D eigenvalue weighted by Gasteiger charge is 2.11. The zero-order chi connectivity index (χ0) is 9.84. The van der Waals surface area contributed by atoms with Gasteiger partial charge in [-0.1, -0.05) is 11.3 Å². The summed E-state index contributed by atoms with van der Waals surface area (Å²) in [6.45, 7) is 2.18. The maximum absolute atomic E-state index is 11.2. The Hall–Kier alpha value is -1.10. The summed E-state index contributed by atoms with van der Waals surface area (Å²) in [5.41, 5.74) is 0. The van der Waals surface area contributed by atoms with Gasteiger partial charge in [0.05, 0.1) is 12.8 Å². The third-order valence-electron chi connectivity index (χ3n) is 1.35. The van der Waals surface area contributed by atoms with Crippen molar-refractivity contribution in [3.05, 3.63) is 11.1 Å². The Morgan fingerprint density at radius 3 is 2.85 bits per heavy atom. The molecule has 0 saturated carbocycles. The normalized spacial score (nSPS) is 9.77. The van der Waals surface area contributed by atoms with E-state index in [0.717, 1.165) is 5.13 Å². The molecule has 5 heteroatoms. The number of ether oxygens (including phenoxy) is 1. The molecule has 1 aromatic rings. The minimum atomic E-state index is -0.298. The molecule has 0 radical (unpaired) electrons. The lowest BCUT2D eigenvalue weighted by Crippen LogP contribution is -2.07. The van der Waals surface area contributed by atoms with Gasteiger partial charge in [-0.25, -0.2) is 9.78 Å². The van der Waals surface area contributed by atoms with Gasteiger partial charge in [0.1, 0.15) is 4.88 Å². The highest BCUT2D eigenvalue weighted by atomic mass is 32.1. The maximum atomic E-state index is 11.2. The van der Waals surface area contributed by atoms with Crippen molar-refractivity contribution in [1.29, 1.82) is 0 Å². The molecule has 1 aromatic heterocycles. The average molecular weight is 200 g/mol. The molecular formula is C8H12N2O2S. The number of esters is 1. The quantitative estimate of drug-likeness (QED) is 0.691. The van der Waals surface area contributed by atoms with E-state index < -0.39 is 0 Å². The Morgan fingerprint density at radius 1 is 1.69 bits per heavy atom. The summed E-state index contributed by atoms with van der Waals surface area (Å²) < 4.78 is 4.83. The van der Waals surface area contributed by atoms with Crippen LogP contribution in [0.2, 0.25) is 0 Å². The van der Waals surface area contributed by atoms with Crippen molar-refractivity contribution in [2.24, 2.45) is 0 Å². The predicted molar refractivity (Wildman–Crippen MR) is 52.4 cm³/mol. The summed E-state index contributed by atoms with van der Waals surface area (Å²) >= 11 is 1.33. The molecule has 0 N–H and O–H groups in total. The van der Waals surface area contributed by atoms with Crippen molar-refractivity contribution in [2.75, 3.05) is 25.6 Å². The molecule has 0 amide bonds. The van der Waals surface area contributed by atoms with Crippen LogP contribution in [0.25, 0.3) is 0 Å². The fourth-order valence-corrected chi connectivity index (χ4v) is 1.50. The largest absolute Gasteiger partial charge is 0.462 e. The minimum Gasteiger partial charge on any atom is -0.462 e. The highest BCUT2D eigenvalue weighted by molar-refractivity contribution is 7.17. The van der Waals surface area contributed by atoms with E-state index in [4.69, 9.17) is 4.74 Å². The van der Waals surface area contributed by atoms with Crippen molar-refractivity contribution in [1.82, 2.24) is 4.98 Å². The lowest BCUT2D eigenvalue weighted by molar-refractivity contribution is 0.0532. The third kappa shape index (κ3) is 2.42. The molecule has 13 heavy (non-hydrogen) atoms. The van der Waals surface area contributed by atoms with Crippen LogP contribution in [0.15, 0.2) is 6.20 Å². The molecule has 0 saturated heterocycles. The van der Waals surface area contributed by atoms with Crippen molar-refractivity contribution >= 4 is 22.4 Å². The molecule has 0 spiro atoms. The molecule has 0 atom stereocenters. The van der Waals surface area contributed by atoms with E-state index in [2.05, 4.69) is 4.98 Å². The van der Waals surface area contributed by atoms with Crippen molar-refractivity contribution in [2.45, 2.75) is 6.92 Å². The molecule has 0 aliphatic carbocycles. The van der Waals surface area contributed by atoms with E-state index in [9.17, 15) is 4.79 Å². The first-order valence-corrected chi connectivity index (χ1v) is 4.77. The monoisotopic (exact) mass is 200 g/mol. The standard InChI is InChI=1S/C8H12N2O2S/c1-4-12-7(11)6-5-9-8(13-6)10(2)3/h5H,4H2,1-3H3. The second-order valence-corrected chi connectivity index (χ2v) is 3.63. The summed E-state index contributed by atoms with van der Waals surface area (Å²) in [4.78, 5) is 17.7. The van der Waals surface area contributed by atoms with Crippen LogP contribution in [0.3, 0.4) is 0 Å². The second-order valence-electron chi connectivity index (χ2n) is 2.62. The smallest absolute Gasteiger partial charge is 0.350 e. The van der Waals surface area contributed by atoms with Crippen LogP contribution >= 0.6 is 11.3 Å². The van der Waals surface area contributed by atoms with Gasteiger partial charge in [-0.15, -0.1) is 0 Å². The van der Waals surface area contributed by atoms with Gasteiger partial charge in [-0.3, -0.25) is 0 Å². The minimum absolute atomic E-state index is 0.298. The van der Waals surface area contributed by atoms with Crippen molar-refractivity contribution in [3.8, 4) is 0 Å². The van der Waals surface area contributed by atoms with Crippen molar-refractivity contribution in [3.63, 3.8) is 0 Å². The first kappa shape index (κ1) is 9.98. The van der Waals surface area contributed by atoms with Gasteiger partial charge in [0.2, 0.25) is 0 Å². The third-order valence-corrected chi connectivity index (χ3v) is 2.50. The fraction of sp³-hybridized carbons (Fsp3) is 0.500. The van der Waals surface area contributed by atoms with Gasteiger partial charge in [0.25, 0.3) is 0 Å². The van der Waals surface area contributed by atoms with Gasteiger partial charge in [0.15, 0.2) is 5.13 Å². The molecule has 0 aliphatic heterocycles. The van der Waals surface area contributed by atoms with E-state index in [1.54, 1.807) is 6.92 Å². The molecule has 0 aromatic carbocycles. The van der Waals surface area contributed by atoms with Gasteiger partial charge >= 0.3 is 5.97 Å². The SMILES string of the molecule is CCOC(=O)c1cnc(N(C)C)s1. The van der Waals surface area contributed by atoms with Crippen LogP contribution in [0.4, 0.5) is 5.13 Å². The molecule has 0 fully saturated rings. The Labute approximate surface area is 81.2 Å². The zero-order valence-corrected chi connectivity index (χ0v) is 8.72. The molecule has 1 rings (SSSR count). The molecule has 1 heterocycles. The topological polar surface area (TPSA) is 42.4 Å².